The van der Waals surface area contributed by atoms with Crippen LogP contribution < -0.4 is 25.9 Å². The van der Waals surface area contributed by atoms with Crippen LogP contribution >= 0.6 is 0 Å². The van der Waals surface area contributed by atoms with Gasteiger partial charge in [-0.2, -0.15) is 0 Å². The van der Waals surface area contributed by atoms with Gasteiger partial charge in [-0.3, -0.25) is 0 Å². The summed E-state index contributed by atoms with van der Waals surface area (Å²) in [5, 5.41) is 0. The molecule has 0 N–H and O–H groups in total. The molecule has 0 atom stereocenters. The predicted octanol–water partition coefficient (Wildman–Crippen LogP) is 1.92. The number of nitrogens with zero attached hydrogens (tertiary/aromatic N) is 2. The summed E-state index contributed by atoms with van der Waals surface area (Å²) >= 11 is -0.173. The highest BCUT2D eigenvalue weighted by atomic mass is 127. The second-order valence-corrected chi connectivity index (χ2v) is 10.2. The molecule has 4 heteroatoms. The topological polar surface area (TPSA) is 15.5 Å². The third-order valence-electron chi connectivity index (χ3n) is 3.79. The molecule has 0 fully saturated rings. The van der Waals surface area contributed by atoms with Crippen molar-refractivity contribution >= 4 is 6.21 Å². The van der Waals surface area contributed by atoms with Gasteiger partial charge in [0.05, 0.1) is 0 Å². The quantitative estimate of drug-likeness (QED) is 0.167. The minimum atomic E-state index is -0.173. The number of benzene rings is 2. The lowest BCUT2D eigenvalue weighted by Gasteiger charge is -2.05. The van der Waals surface area contributed by atoms with Gasteiger partial charge in [-0.1, -0.05) is 29.8 Å². The van der Waals surface area contributed by atoms with Crippen molar-refractivity contribution in [2.75, 3.05) is 28.2 Å². The maximum Gasteiger partial charge on any atom is 0.357 e. The molecule has 3 nitrogen and oxygen atoms in total. The fourth-order valence-corrected chi connectivity index (χ4v) is 4.45. The average Bonchev–Trinajstić information content (AvgIpc) is 2.71. The van der Waals surface area contributed by atoms with Gasteiger partial charge in [0, 0.05) is 20.2 Å². The molecule has 0 aliphatic heterocycles. The Kier molecular flexibility index (Phi) is 10.1. The lowest BCUT2D eigenvalue weighted by molar-refractivity contribution is -0.597. The van der Waals surface area contributed by atoms with Gasteiger partial charge >= 0.3 is 21.2 Å². The van der Waals surface area contributed by atoms with Crippen molar-refractivity contribution in [1.82, 2.24) is 4.90 Å². The van der Waals surface area contributed by atoms with E-state index >= 15 is 0 Å². The summed E-state index contributed by atoms with van der Waals surface area (Å²) < 4.78 is 10.9. The molecule has 0 unspecified atom stereocenters. The summed E-state index contributed by atoms with van der Waals surface area (Å²) in [6.07, 6.45) is 15.9. The molecule has 2 rings (SSSR count). The normalized spacial score (nSPS) is 12.1. The van der Waals surface area contributed by atoms with Crippen LogP contribution in [0.25, 0.3) is 0 Å². The molecule has 156 valence electrons. The van der Waals surface area contributed by atoms with Crippen LogP contribution in [0.3, 0.4) is 0 Å². The molecule has 0 bridgehead atoms. The Morgan fingerprint density at radius 1 is 0.867 bits per heavy atom. The third-order valence-corrected chi connectivity index (χ3v) is 6.47. The van der Waals surface area contributed by atoms with Gasteiger partial charge < -0.3 is 9.64 Å². The molecule has 0 radical (unpaired) electrons. The van der Waals surface area contributed by atoms with Gasteiger partial charge in [-0.05, 0) is 67.7 Å². The smallest absolute Gasteiger partial charge is 0.357 e. The van der Waals surface area contributed by atoms with E-state index < -0.39 is 0 Å². The summed E-state index contributed by atoms with van der Waals surface area (Å²) in [6.45, 7) is 2.12. The number of halogens is 1. The Hall–Kier alpha value is -2.60. The summed E-state index contributed by atoms with van der Waals surface area (Å²) in [5.41, 5.74) is 1.30. The average molecular weight is 514 g/mol. The minimum Gasteiger partial charge on any atom is -0.457 e. The van der Waals surface area contributed by atoms with Gasteiger partial charge in [0.2, 0.25) is 0 Å². The molecule has 0 amide bonds. The highest BCUT2D eigenvalue weighted by Gasteiger charge is 2.15. The SMILES string of the molecule is Cc1ccc([I+]c2ccc(OC(=C\C=C\C=[N+](C)C)/C=C/C=C/N(C)C)cc2)cc1. The monoisotopic (exact) mass is 514 g/mol. The molecule has 0 heterocycles. The Balaban J connectivity index is 2.09. The Labute approximate surface area is 191 Å². The fourth-order valence-electron chi connectivity index (χ4n) is 2.29. The van der Waals surface area contributed by atoms with Gasteiger partial charge in [-0.25, -0.2) is 4.58 Å². The van der Waals surface area contributed by atoms with Gasteiger partial charge in [0.15, 0.2) is 13.4 Å². The Bertz CT molecular complexity index is 930. The van der Waals surface area contributed by atoms with Crippen LogP contribution in [0.1, 0.15) is 5.56 Å². The van der Waals surface area contributed by atoms with Crippen molar-refractivity contribution in [2.24, 2.45) is 0 Å². The van der Waals surface area contributed by atoms with Crippen molar-refractivity contribution < 1.29 is 30.5 Å². The van der Waals surface area contributed by atoms with E-state index in [0.717, 1.165) is 11.5 Å². The van der Waals surface area contributed by atoms with Crippen molar-refractivity contribution in [1.29, 1.82) is 0 Å². The Morgan fingerprint density at radius 3 is 2.10 bits per heavy atom. The van der Waals surface area contributed by atoms with Crippen molar-refractivity contribution in [3.63, 3.8) is 0 Å². The number of hydrogen-bond acceptors (Lipinski definition) is 2. The number of ether oxygens (including phenoxy) is 1. The number of allylic oxidation sites excluding steroid dienone is 6. The molecule has 0 spiro atoms. The molecule has 0 aliphatic carbocycles. The van der Waals surface area contributed by atoms with Gasteiger partial charge in [-0.15, -0.1) is 0 Å². The van der Waals surface area contributed by atoms with Crippen LogP contribution in [0.2, 0.25) is 0 Å². The predicted molar refractivity (Wildman–Crippen MR) is 123 cm³/mol. The maximum atomic E-state index is 6.11. The molecule has 2 aromatic rings. The first-order chi connectivity index (χ1) is 14.4. The van der Waals surface area contributed by atoms with E-state index in [2.05, 4.69) is 55.5 Å². The van der Waals surface area contributed by atoms with Crippen LogP contribution in [-0.4, -0.2) is 43.9 Å². The van der Waals surface area contributed by atoms with Crippen molar-refractivity contribution in [3.05, 3.63) is 110 Å². The number of hydrogen-bond donors (Lipinski definition) is 0. The molecular weight excluding hydrogens is 483 g/mol. The van der Waals surface area contributed by atoms with E-state index in [1.165, 1.54) is 12.7 Å². The van der Waals surface area contributed by atoms with Crippen LogP contribution in [0, 0.1) is 14.1 Å². The van der Waals surface area contributed by atoms with Crippen LogP contribution in [-0.2, 0) is 0 Å². The standard InChI is InChI=1S/C26H31IN2O/c1-22-12-14-23(15-13-22)27-24-16-18-26(19-17-24)30-25(10-6-8-20-28(2)3)11-7-9-21-29(4)5/h6-21H,1-5H3/q+2. The van der Waals surface area contributed by atoms with Crippen molar-refractivity contribution in [2.45, 2.75) is 6.92 Å². The summed E-state index contributed by atoms with van der Waals surface area (Å²) in [5.74, 6) is 1.62. The zero-order chi connectivity index (χ0) is 21.8. The third kappa shape index (κ3) is 9.74. The lowest BCUT2D eigenvalue weighted by atomic mass is 10.2. The molecular formula is C26H31IN2O+2. The number of aryl methyl sites for hydroxylation is 1. The molecule has 0 saturated carbocycles. The number of rotatable bonds is 9. The second-order valence-electron chi connectivity index (χ2n) is 7.18. The van der Waals surface area contributed by atoms with Gasteiger partial charge in [0.1, 0.15) is 25.6 Å². The highest BCUT2D eigenvalue weighted by Crippen LogP contribution is 2.14. The zero-order valence-electron chi connectivity index (χ0n) is 18.4. The van der Waals surface area contributed by atoms with Crippen LogP contribution in [0.4, 0.5) is 0 Å². The minimum absolute atomic E-state index is 0.173. The second kappa shape index (κ2) is 12.9. The molecule has 30 heavy (non-hydrogen) atoms. The first kappa shape index (κ1) is 23.7. The van der Waals surface area contributed by atoms with E-state index in [1.54, 1.807) is 0 Å². The summed E-state index contributed by atoms with van der Waals surface area (Å²) in [4.78, 5) is 2.00. The summed E-state index contributed by atoms with van der Waals surface area (Å²) in [7, 11) is 7.99. The molecule has 2 aromatic carbocycles. The van der Waals surface area contributed by atoms with Crippen LogP contribution in [0.5, 0.6) is 5.75 Å². The highest BCUT2D eigenvalue weighted by molar-refractivity contribution is 5.66. The zero-order valence-corrected chi connectivity index (χ0v) is 20.6. The Morgan fingerprint density at radius 2 is 1.50 bits per heavy atom. The van der Waals surface area contributed by atoms with E-state index in [4.69, 9.17) is 4.74 Å². The van der Waals surface area contributed by atoms with Crippen molar-refractivity contribution in [3.8, 4) is 5.75 Å². The van der Waals surface area contributed by atoms with Gasteiger partial charge in [0.25, 0.3) is 0 Å². The first-order valence-electron chi connectivity index (χ1n) is 9.81. The molecule has 0 aromatic heterocycles. The maximum absolute atomic E-state index is 6.11. The van der Waals surface area contributed by atoms with Crippen LogP contribution in [0.15, 0.2) is 96.9 Å². The molecule has 0 saturated heterocycles. The van der Waals surface area contributed by atoms with E-state index in [-0.39, 0.29) is 21.2 Å². The summed E-state index contributed by atoms with van der Waals surface area (Å²) in [6, 6.07) is 17.3. The molecule has 0 aliphatic rings. The largest absolute Gasteiger partial charge is 0.457 e. The van der Waals surface area contributed by atoms with E-state index in [9.17, 15) is 0 Å². The lowest BCUT2D eigenvalue weighted by Crippen LogP contribution is -3.61. The first-order valence-corrected chi connectivity index (χ1v) is 12.0. The van der Waals surface area contributed by atoms with E-state index in [0.29, 0.717) is 0 Å². The van der Waals surface area contributed by atoms with E-state index in [1.807, 2.05) is 86.5 Å². The fraction of sp³-hybridized carbons (Fsp3) is 0.192.